The molecule has 0 atom stereocenters. The summed E-state index contributed by atoms with van der Waals surface area (Å²) in [5, 5.41) is 7.56. The van der Waals surface area contributed by atoms with Gasteiger partial charge in [-0.05, 0) is 61.4 Å². The fourth-order valence-electron chi connectivity index (χ4n) is 2.66. The molecule has 154 valence electrons. The van der Waals surface area contributed by atoms with Gasteiger partial charge in [0.05, 0.1) is 16.3 Å². The van der Waals surface area contributed by atoms with Crippen molar-refractivity contribution in [1.29, 1.82) is 0 Å². The topological polar surface area (TPSA) is 140 Å². The number of para-hydroxylation sites is 1. The van der Waals surface area contributed by atoms with Crippen molar-refractivity contribution in [2.75, 3.05) is 10.9 Å². The van der Waals surface area contributed by atoms with Gasteiger partial charge < -0.3 is 4.55 Å². The summed E-state index contributed by atoms with van der Waals surface area (Å²) >= 11 is 0. The van der Waals surface area contributed by atoms with Gasteiger partial charge >= 0.3 is 29.6 Å². The van der Waals surface area contributed by atoms with E-state index in [9.17, 15) is 22.6 Å². The minimum Gasteiger partial charge on any atom is -0.744 e. The number of rotatable bonds is 5. The molecule has 0 heterocycles. The summed E-state index contributed by atoms with van der Waals surface area (Å²) < 4.78 is 32.9. The quantitative estimate of drug-likeness (QED) is 0.253. The predicted molar refractivity (Wildman–Crippen MR) is 110 cm³/mol. The Kier molecular flexibility index (Phi) is 8.04. The van der Waals surface area contributed by atoms with Crippen LogP contribution in [0.1, 0.15) is 11.1 Å². The second-order valence-electron chi connectivity index (χ2n) is 6.45. The smallest absolute Gasteiger partial charge is 0.744 e. The maximum absolute atomic E-state index is 12.6. The van der Waals surface area contributed by atoms with E-state index < -0.39 is 21.0 Å². The Hall–Kier alpha value is -2.63. The monoisotopic (exact) mass is 448 g/mol. The van der Waals surface area contributed by atoms with Crippen molar-refractivity contribution < 1.29 is 42.5 Å². The minimum atomic E-state index is -4.55. The van der Waals surface area contributed by atoms with Crippen LogP contribution in [0.3, 0.4) is 0 Å². The van der Waals surface area contributed by atoms with Crippen molar-refractivity contribution in [1.82, 2.24) is 0 Å². The Morgan fingerprint density at radius 1 is 0.839 bits per heavy atom. The van der Waals surface area contributed by atoms with Gasteiger partial charge in [0, 0.05) is 0 Å². The second-order valence-corrected chi connectivity index (χ2v) is 7.83. The molecule has 0 fully saturated rings. The average molecular weight is 448 g/mol. The Morgan fingerprint density at radius 2 is 1.45 bits per heavy atom. The zero-order chi connectivity index (χ0) is 21.9. The Bertz CT molecular complexity index is 1410. The van der Waals surface area contributed by atoms with Crippen LogP contribution < -0.4 is 62.0 Å². The van der Waals surface area contributed by atoms with Crippen molar-refractivity contribution in [3.63, 3.8) is 0 Å². The van der Waals surface area contributed by atoms with Gasteiger partial charge in [0.1, 0.15) is 15.5 Å². The largest absolute Gasteiger partial charge is 1.00 e. The third-order valence-electron chi connectivity index (χ3n) is 4.28. The van der Waals surface area contributed by atoms with Crippen LogP contribution in [0.25, 0.3) is 0 Å². The minimum absolute atomic E-state index is 0. The van der Waals surface area contributed by atoms with E-state index in [1.54, 1.807) is 0 Å². The third-order valence-corrected chi connectivity index (χ3v) is 5.13. The summed E-state index contributed by atoms with van der Waals surface area (Å²) in [6.07, 6.45) is 0. The van der Waals surface area contributed by atoms with Crippen LogP contribution >= 0.6 is 0 Å². The maximum Gasteiger partial charge on any atom is 1.00 e. The van der Waals surface area contributed by atoms with Crippen molar-refractivity contribution in [2.24, 2.45) is 10.2 Å². The molecule has 0 aliphatic carbocycles. The number of benzene rings is 3. The molecule has 0 radical (unpaired) electrons. The summed E-state index contributed by atoms with van der Waals surface area (Å²) in [5.41, 5.74) is 6.99. The van der Waals surface area contributed by atoms with Crippen molar-refractivity contribution >= 4 is 21.5 Å². The van der Waals surface area contributed by atoms with E-state index in [4.69, 9.17) is 0 Å². The van der Waals surface area contributed by atoms with Gasteiger partial charge in [-0.1, -0.05) is 18.2 Å². The van der Waals surface area contributed by atoms with E-state index in [2.05, 4.69) is 21.1 Å². The zero-order valence-electron chi connectivity index (χ0n) is 17.0. The molecule has 9 nitrogen and oxygen atoms in total. The molecule has 0 aromatic heterocycles. The van der Waals surface area contributed by atoms with Crippen LogP contribution in [0, 0.1) is 13.8 Å². The van der Waals surface area contributed by atoms with Crippen LogP contribution in [0.15, 0.2) is 79.3 Å². The number of nitrogens with one attached hydrogen (secondary N) is 2. The number of nitrogens with zero attached hydrogens (tertiary/aromatic N) is 2. The predicted octanol–water partition coefficient (Wildman–Crippen LogP) is -2.34. The molecule has 0 aliphatic heterocycles. The summed E-state index contributed by atoms with van der Waals surface area (Å²) in [4.78, 5) is 24.3. The van der Waals surface area contributed by atoms with Gasteiger partial charge in [-0.25, -0.2) is 8.42 Å². The molecule has 0 saturated heterocycles. The van der Waals surface area contributed by atoms with Crippen LogP contribution in [0.4, 0.5) is 11.4 Å². The Labute approximate surface area is 199 Å². The van der Waals surface area contributed by atoms with Crippen LogP contribution in [-0.2, 0) is 10.1 Å². The number of anilines is 2. The molecule has 11 heteroatoms. The first-order valence-corrected chi connectivity index (χ1v) is 10.1. The molecular formula is C20H17N4NaO5S. The number of hydrogen-bond donors (Lipinski definition) is 2. The van der Waals surface area contributed by atoms with Gasteiger partial charge in [-0.2, -0.15) is 10.2 Å². The molecule has 2 N–H and O–H groups in total. The first-order valence-electron chi connectivity index (χ1n) is 8.73. The van der Waals surface area contributed by atoms with Crippen molar-refractivity contribution in [2.45, 2.75) is 18.7 Å². The van der Waals surface area contributed by atoms with E-state index in [0.29, 0.717) is 11.4 Å². The molecular weight excluding hydrogens is 431 g/mol. The first kappa shape index (κ1) is 24.6. The summed E-state index contributed by atoms with van der Waals surface area (Å²) in [5.74, 6) is 0. The molecule has 3 rings (SSSR count). The van der Waals surface area contributed by atoms with Gasteiger partial charge in [-0.15, -0.1) is 0 Å². The van der Waals surface area contributed by atoms with Gasteiger partial charge in [0.15, 0.2) is 5.36 Å². The Morgan fingerprint density at radius 3 is 2.03 bits per heavy atom. The average Bonchev–Trinajstić information content (AvgIpc) is 2.69. The summed E-state index contributed by atoms with van der Waals surface area (Å²) in [6, 6.07) is 13.0. The summed E-state index contributed by atoms with van der Waals surface area (Å²) in [7, 11) is -4.55. The SMILES string of the molecule is Cc1cccc(C)c1NN=c1c(=O)ccc(=NNc2ccc(S(=O)(=O)[O-])cc2)c1=O.[Na+]. The van der Waals surface area contributed by atoms with Crippen LogP contribution in [0.5, 0.6) is 0 Å². The molecule has 0 bridgehead atoms. The van der Waals surface area contributed by atoms with E-state index >= 15 is 0 Å². The molecule has 0 unspecified atom stereocenters. The molecule has 0 spiro atoms. The Balaban J connectivity index is 0.00000341. The third kappa shape index (κ3) is 5.96. The van der Waals surface area contributed by atoms with Crippen molar-refractivity contribution in [3.8, 4) is 0 Å². The number of aryl methyl sites for hydroxylation is 2. The number of hydrogen-bond acceptors (Lipinski definition) is 9. The molecule has 31 heavy (non-hydrogen) atoms. The zero-order valence-corrected chi connectivity index (χ0v) is 19.9. The maximum atomic E-state index is 12.6. The van der Waals surface area contributed by atoms with Crippen LogP contribution in [-0.4, -0.2) is 13.0 Å². The molecule has 0 aliphatic rings. The second kappa shape index (κ2) is 10.1. The standard InChI is InChI=1S/C20H18N4O5S.Na/c1-12-4-3-5-13(2)18(12)23-24-19-17(25)11-10-16(20(19)26)22-21-14-6-8-15(9-7-14)30(27,28)29;/h3-11,21,23H,1-2H3,(H,27,28,29);/q;+1/p-1. The van der Waals surface area contributed by atoms with E-state index in [1.807, 2.05) is 32.0 Å². The fraction of sp³-hybridized carbons (Fsp3) is 0.100. The molecule has 3 aromatic carbocycles. The summed E-state index contributed by atoms with van der Waals surface area (Å²) in [6.45, 7) is 3.75. The fourth-order valence-corrected chi connectivity index (χ4v) is 3.13. The molecule has 0 amide bonds. The van der Waals surface area contributed by atoms with Crippen LogP contribution in [0.2, 0.25) is 0 Å². The van der Waals surface area contributed by atoms with E-state index in [0.717, 1.165) is 23.3 Å². The molecule has 3 aromatic rings. The van der Waals surface area contributed by atoms with Crippen molar-refractivity contribution in [3.05, 3.63) is 96.9 Å². The van der Waals surface area contributed by atoms with E-state index in [-0.39, 0.29) is 45.2 Å². The first-order chi connectivity index (χ1) is 14.2. The van der Waals surface area contributed by atoms with Gasteiger partial charge in [-0.3, -0.25) is 20.4 Å². The normalized spacial score (nSPS) is 12.4. The van der Waals surface area contributed by atoms with Gasteiger partial charge in [0.2, 0.25) is 10.9 Å². The van der Waals surface area contributed by atoms with E-state index in [1.165, 1.54) is 24.3 Å². The molecule has 0 saturated carbocycles. The van der Waals surface area contributed by atoms with Gasteiger partial charge in [0.25, 0.3) is 0 Å².